The van der Waals surface area contributed by atoms with E-state index in [2.05, 4.69) is 15.0 Å². The van der Waals surface area contributed by atoms with Gasteiger partial charge in [0.25, 0.3) is 0 Å². The summed E-state index contributed by atoms with van der Waals surface area (Å²) in [4.78, 5) is 12.9. The summed E-state index contributed by atoms with van der Waals surface area (Å²) in [6.07, 6.45) is 1.68. The number of aromatic nitrogens is 3. The number of aryl methyl sites for hydroxylation is 1. The third kappa shape index (κ3) is 4.32. The maximum Gasteiger partial charge on any atom is 1.00 e. The van der Waals surface area contributed by atoms with Gasteiger partial charge in [0.2, 0.25) is 0 Å². The van der Waals surface area contributed by atoms with E-state index in [0.717, 1.165) is 16.9 Å². The summed E-state index contributed by atoms with van der Waals surface area (Å²) < 4.78 is 44.4. The normalized spacial score (nSPS) is 14.1. The number of hydrogen-bond donors (Lipinski definition) is 0. The van der Waals surface area contributed by atoms with Crippen molar-refractivity contribution in [3.8, 4) is 11.5 Å². The van der Waals surface area contributed by atoms with Gasteiger partial charge in [-0.05, 0) is 37.0 Å². The van der Waals surface area contributed by atoms with Crippen LogP contribution in [0.5, 0.6) is 11.5 Å². The monoisotopic (exact) mass is 386 g/mol. The molecule has 3 rings (SSSR count). The fraction of sp³-hybridized carbons (Fsp3) is 0.294. The largest absolute Gasteiger partial charge is 1.00 e. The molecule has 0 aliphatic carbocycles. The van der Waals surface area contributed by atoms with Crippen molar-refractivity contribution in [1.82, 2.24) is 15.0 Å². The fourth-order valence-electron chi connectivity index (χ4n) is 2.49. The van der Waals surface area contributed by atoms with Gasteiger partial charge in [0, 0.05) is 22.5 Å². The van der Waals surface area contributed by atoms with Crippen molar-refractivity contribution in [3.05, 3.63) is 41.2 Å². The van der Waals surface area contributed by atoms with Crippen LogP contribution >= 0.6 is 0 Å². The zero-order valence-electron chi connectivity index (χ0n) is 17.5. The van der Waals surface area contributed by atoms with Gasteiger partial charge in [0.05, 0.1) is 40.5 Å². The van der Waals surface area contributed by atoms with Gasteiger partial charge in [-0.15, -0.1) is 0 Å². The minimum atomic E-state index is -2.55. The van der Waals surface area contributed by atoms with Crippen LogP contribution in [0.3, 0.4) is 0 Å². The second-order valence-electron chi connectivity index (χ2n) is 5.29. The molecule has 126 valence electrons. The first-order valence-electron chi connectivity index (χ1n) is 8.69. The Balaban J connectivity index is 0.00000280. The molecule has 0 saturated carbocycles. The van der Waals surface area contributed by atoms with Gasteiger partial charge in [-0.2, -0.15) is 0 Å². The van der Waals surface area contributed by atoms with E-state index in [-0.39, 0.29) is 68.0 Å². The van der Waals surface area contributed by atoms with Crippen LogP contribution in [0.15, 0.2) is 29.6 Å². The van der Waals surface area contributed by atoms with Crippen LogP contribution in [0, 0.1) is 13.8 Å². The third-order valence-electron chi connectivity index (χ3n) is 3.72. The Kier molecular flexibility index (Phi) is 5.74. The molecule has 0 unspecified atom stereocenters. The predicted octanol–water partition coefficient (Wildman–Crippen LogP) is -0.467. The van der Waals surface area contributed by atoms with Crippen LogP contribution in [-0.4, -0.2) is 28.3 Å². The first kappa shape index (κ1) is 16.4. The van der Waals surface area contributed by atoms with Crippen molar-refractivity contribution in [2.75, 3.05) is 14.1 Å². The van der Waals surface area contributed by atoms with Crippen molar-refractivity contribution in [1.29, 1.82) is 0 Å². The van der Waals surface area contributed by atoms with Gasteiger partial charge in [-0.25, -0.2) is 0 Å². The van der Waals surface area contributed by atoms with Gasteiger partial charge < -0.3 is 19.4 Å². The van der Waals surface area contributed by atoms with Gasteiger partial charge in [0.1, 0.15) is 11.5 Å². The molecular formula is C17H18KN3O3S. The van der Waals surface area contributed by atoms with Gasteiger partial charge in [0.15, 0.2) is 0 Å². The zero-order chi connectivity index (χ0) is 19.8. The van der Waals surface area contributed by atoms with Crippen LogP contribution < -0.4 is 65.8 Å². The Bertz CT molecular complexity index is 1020. The van der Waals surface area contributed by atoms with E-state index in [1.807, 2.05) is 13.8 Å². The summed E-state index contributed by atoms with van der Waals surface area (Å²) in [5, 5.41) is 0.164. The Morgan fingerprint density at radius 3 is 2.84 bits per heavy atom. The maximum atomic E-state index is 12.7. The van der Waals surface area contributed by atoms with E-state index >= 15 is 0 Å². The zero-order valence-corrected chi connectivity index (χ0v) is 18.4. The van der Waals surface area contributed by atoms with E-state index in [4.69, 9.17) is 13.6 Å². The van der Waals surface area contributed by atoms with E-state index in [9.17, 15) is 4.21 Å². The average Bonchev–Trinajstić information content (AvgIpc) is 3.00. The molecule has 2 heterocycles. The van der Waals surface area contributed by atoms with Gasteiger partial charge >= 0.3 is 51.4 Å². The second kappa shape index (κ2) is 8.74. The van der Waals surface area contributed by atoms with Gasteiger partial charge in [-0.3, -0.25) is 9.19 Å². The second-order valence-corrected chi connectivity index (χ2v) is 6.64. The number of pyridine rings is 1. The molecule has 0 bridgehead atoms. The molecule has 0 aliphatic heterocycles. The molecule has 25 heavy (non-hydrogen) atoms. The summed E-state index contributed by atoms with van der Waals surface area (Å²) in [5.41, 5.74) is 3.32. The topological polar surface area (TPSA) is 75.4 Å². The summed E-state index contributed by atoms with van der Waals surface area (Å²) in [7, 11) is -2.48. The van der Waals surface area contributed by atoms with Gasteiger partial charge in [-0.1, -0.05) is 6.07 Å². The number of benzene rings is 1. The fourth-order valence-corrected chi connectivity index (χ4v) is 3.56. The van der Waals surface area contributed by atoms with Crippen LogP contribution in [0.25, 0.3) is 11.0 Å². The summed E-state index contributed by atoms with van der Waals surface area (Å²) in [5.74, 6) is 1.02. The number of rotatable bonds is 5. The Hall–Kier alpha value is -0.774. The van der Waals surface area contributed by atoms with Crippen LogP contribution in [0.1, 0.15) is 20.9 Å². The molecule has 0 fully saturated rings. The summed E-state index contributed by atoms with van der Waals surface area (Å²) >= 11 is 0. The molecule has 0 aliphatic rings. The minimum absolute atomic E-state index is 0. The van der Waals surface area contributed by atoms with Crippen LogP contribution in [0.2, 0.25) is 0 Å². The standard InChI is InChI=1S/C17H18N3O3S.K/c1-10-8-18-15(11(2)16(10)23-4)9-24(21)17-19-13-6-5-12(22-3)7-14(13)20-17;/h5-8H,9H2,1-4H3;/q-1;+1/t24-;/m0./s1/i3D3;. The molecule has 0 radical (unpaired) electrons. The van der Waals surface area contributed by atoms with E-state index in [1.54, 1.807) is 19.4 Å². The first-order chi connectivity index (χ1) is 12.7. The number of imidazole rings is 1. The average molecular weight is 387 g/mol. The van der Waals surface area contributed by atoms with Crippen molar-refractivity contribution in [3.63, 3.8) is 0 Å². The molecule has 3 aromatic rings. The van der Waals surface area contributed by atoms with Crippen molar-refractivity contribution in [2.24, 2.45) is 0 Å². The summed E-state index contributed by atoms with van der Waals surface area (Å²) in [6, 6.07) is 4.54. The molecule has 1 atom stereocenters. The molecule has 0 saturated heterocycles. The molecular weight excluding hydrogens is 365 g/mol. The van der Waals surface area contributed by atoms with Crippen LogP contribution in [0.4, 0.5) is 0 Å². The van der Waals surface area contributed by atoms with Crippen molar-refractivity contribution in [2.45, 2.75) is 24.8 Å². The Morgan fingerprint density at radius 2 is 2.12 bits per heavy atom. The first-order valence-corrected chi connectivity index (χ1v) is 8.51. The van der Waals surface area contributed by atoms with Crippen molar-refractivity contribution >= 4 is 21.8 Å². The summed E-state index contributed by atoms with van der Waals surface area (Å²) in [6.45, 7) is 3.76. The molecule has 0 spiro atoms. The number of hydrogen-bond acceptors (Lipinski definition) is 5. The van der Waals surface area contributed by atoms with Crippen LogP contribution in [-0.2, 0) is 16.6 Å². The number of fused-ring (bicyclic) bond motifs is 1. The number of ether oxygens (including phenoxy) is 2. The Morgan fingerprint density at radius 1 is 1.32 bits per heavy atom. The SMILES string of the molecule is [2H]C([2H])([2H])Oc1ccc2nc([S@@](=O)Cc3ncc(C)c(OC)c3C)[n-]c2c1.[K+]. The van der Waals surface area contributed by atoms with E-state index in [1.165, 1.54) is 12.1 Å². The third-order valence-corrected chi connectivity index (χ3v) is 4.84. The molecule has 0 amide bonds. The van der Waals surface area contributed by atoms with E-state index < -0.39 is 17.8 Å². The Labute approximate surface area is 195 Å². The molecule has 6 nitrogen and oxygen atoms in total. The minimum Gasteiger partial charge on any atom is -0.497 e. The molecule has 1 aromatic carbocycles. The van der Waals surface area contributed by atoms with E-state index in [0.29, 0.717) is 16.7 Å². The number of methoxy groups -OCH3 is 2. The maximum absolute atomic E-state index is 12.7. The number of nitrogens with zero attached hydrogens (tertiary/aromatic N) is 3. The quantitative estimate of drug-likeness (QED) is 0.552. The molecule has 8 heteroatoms. The van der Waals surface area contributed by atoms with Crippen molar-refractivity contribution < 1.29 is 69.2 Å². The molecule has 0 N–H and O–H groups in total. The smallest absolute Gasteiger partial charge is 0.497 e. The predicted molar refractivity (Wildman–Crippen MR) is 92.0 cm³/mol. The molecule has 2 aromatic heterocycles.